The Morgan fingerprint density at radius 2 is 2.00 bits per heavy atom. The van der Waals surface area contributed by atoms with E-state index < -0.39 is 0 Å². The van der Waals surface area contributed by atoms with Crippen molar-refractivity contribution in [3.8, 4) is 6.07 Å². The number of nitrogens with zero attached hydrogens (tertiary/aromatic N) is 2. The van der Waals surface area contributed by atoms with Gasteiger partial charge in [0.05, 0.1) is 12.1 Å². The minimum absolute atomic E-state index is 0.213. The van der Waals surface area contributed by atoms with Crippen molar-refractivity contribution in [1.29, 1.82) is 5.26 Å². The van der Waals surface area contributed by atoms with Gasteiger partial charge < -0.3 is 0 Å². The van der Waals surface area contributed by atoms with Crippen molar-refractivity contribution in [2.75, 3.05) is 13.1 Å². The van der Waals surface area contributed by atoms with E-state index in [0.29, 0.717) is 0 Å². The Balaban J connectivity index is 2.10. The van der Waals surface area contributed by atoms with Crippen LogP contribution in [0.3, 0.4) is 0 Å². The fourth-order valence-electron chi connectivity index (χ4n) is 2.32. The van der Waals surface area contributed by atoms with Crippen LogP contribution in [0.2, 0.25) is 0 Å². The Kier molecular flexibility index (Phi) is 6.43. The van der Waals surface area contributed by atoms with Crippen LogP contribution in [0.1, 0.15) is 58.3 Å². The monoisotopic (exact) mass is 208 g/mol. The summed E-state index contributed by atoms with van der Waals surface area (Å²) in [7, 11) is 0. The Morgan fingerprint density at radius 1 is 1.20 bits per heavy atom. The van der Waals surface area contributed by atoms with E-state index in [1.165, 1.54) is 44.9 Å². The summed E-state index contributed by atoms with van der Waals surface area (Å²) in [5.74, 6) is 0. The maximum Gasteiger partial charge on any atom is 0.0977 e. The summed E-state index contributed by atoms with van der Waals surface area (Å²) in [6.07, 6.45) is 10.3. The lowest BCUT2D eigenvalue weighted by Gasteiger charge is -2.31. The second kappa shape index (κ2) is 7.70. The molecule has 0 radical (unpaired) electrons. The molecule has 1 aliphatic heterocycles. The highest BCUT2D eigenvalue weighted by Crippen LogP contribution is 2.17. The van der Waals surface area contributed by atoms with Crippen molar-refractivity contribution in [1.82, 2.24) is 4.90 Å². The molecule has 2 heteroatoms. The Bertz CT molecular complexity index is 195. The molecule has 2 nitrogen and oxygen atoms in total. The number of hydrogen-bond acceptors (Lipinski definition) is 2. The topological polar surface area (TPSA) is 27.0 Å². The van der Waals surface area contributed by atoms with Crippen molar-refractivity contribution < 1.29 is 0 Å². The molecule has 86 valence electrons. The number of likely N-dealkylation sites (tertiary alicyclic amines) is 1. The lowest BCUT2D eigenvalue weighted by molar-refractivity contribution is 0.181. The summed E-state index contributed by atoms with van der Waals surface area (Å²) < 4.78 is 0. The first-order valence-corrected chi connectivity index (χ1v) is 6.52. The summed E-state index contributed by atoms with van der Waals surface area (Å²) in [6, 6.07) is 2.64. The van der Waals surface area contributed by atoms with Gasteiger partial charge in [-0.1, -0.05) is 32.6 Å². The lowest BCUT2D eigenvalue weighted by Crippen LogP contribution is -2.39. The quantitative estimate of drug-likeness (QED) is 0.626. The van der Waals surface area contributed by atoms with Crippen molar-refractivity contribution in [3.05, 3.63) is 0 Å². The van der Waals surface area contributed by atoms with Crippen LogP contribution < -0.4 is 0 Å². The molecule has 0 amide bonds. The predicted octanol–water partition coefficient (Wildman–Crippen LogP) is 3.33. The predicted molar refractivity (Wildman–Crippen MR) is 63.6 cm³/mol. The molecular formula is C13H24N2. The van der Waals surface area contributed by atoms with Gasteiger partial charge in [0.2, 0.25) is 0 Å². The number of nitriles is 1. The van der Waals surface area contributed by atoms with Crippen molar-refractivity contribution in [3.63, 3.8) is 0 Å². The largest absolute Gasteiger partial charge is 0.288 e. The summed E-state index contributed by atoms with van der Waals surface area (Å²) in [5, 5.41) is 9.01. The van der Waals surface area contributed by atoms with Gasteiger partial charge in [-0.2, -0.15) is 5.26 Å². The van der Waals surface area contributed by atoms with E-state index in [0.717, 1.165) is 19.5 Å². The van der Waals surface area contributed by atoms with E-state index in [-0.39, 0.29) is 6.04 Å². The summed E-state index contributed by atoms with van der Waals surface area (Å²) >= 11 is 0. The molecule has 1 heterocycles. The Labute approximate surface area is 94.3 Å². The first kappa shape index (κ1) is 12.5. The molecule has 0 spiro atoms. The van der Waals surface area contributed by atoms with Gasteiger partial charge in [0, 0.05) is 0 Å². The van der Waals surface area contributed by atoms with Crippen LogP contribution in [0.25, 0.3) is 0 Å². The van der Waals surface area contributed by atoms with Crippen molar-refractivity contribution >= 4 is 0 Å². The highest BCUT2D eigenvalue weighted by atomic mass is 15.2. The van der Waals surface area contributed by atoms with Gasteiger partial charge in [0.15, 0.2) is 0 Å². The molecule has 1 aliphatic rings. The van der Waals surface area contributed by atoms with E-state index in [2.05, 4.69) is 17.9 Å². The highest BCUT2D eigenvalue weighted by molar-refractivity contribution is 4.93. The van der Waals surface area contributed by atoms with E-state index in [1.54, 1.807) is 0 Å². The van der Waals surface area contributed by atoms with Gasteiger partial charge in [0.25, 0.3) is 0 Å². The number of piperidine rings is 1. The summed E-state index contributed by atoms with van der Waals surface area (Å²) in [5.41, 5.74) is 0. The van der Waals surface area contributed by atoms with Crippen LogP contribution in [-0.2, 0) is 0 Å². The zero-order valence-electron chi connectivity index (χ0n) is 10.0. The van der Waals surface area contributed by atoms with E-state index in [4.69, 9.17) is 5.26 Å². The molecule has 0 aromatic heterocycles. The fraction of sp³-hybridized carbons (Fsp3) is 0.923. The van der Waals surface area contributed by atoms with Crippen molar-refractivity contribution in [2.45, 2.75) is 64.3 Å². The number of rotatable bonds is 6. The second-order valence-corrected chi connectivity index (χ2v) is 4.59. The molecule has 0 aliphatic carbocycles. The minimum Gasteiger partial charge on any atom is -0.288 e. The van der Waals surface area contributed by atoms with Gasteiger partial charge in [-0.25, -0.2) is 0 Å². The third-order valence-electron chi connectivity index (χ3n) is 3.31. The van der Waals surface area contributed by atoms with Crippen LogP contribution in [-0.4, -0.2) is 24.0 Å². The summed E-state index contributed by atoms with van der Waals surface area (Å²) in [6.45, 7) is 4.53. The molecule has 0 aromatic rings. The van der Waals surface area contributed by atoms with Crippen LogP contribution in [0.5, 0.6) is 0 Å². The zero-order chi connectivity index (χ0) is 10.9. The third-order valence-corrected chi connectivity index (χ3v) is 3.31. The number of unbranched alkanes of at least 4 members (excludes halogenated alkanes) is 4. The molecule has 1 rings (SSSR count). The second-order valence-electron chi connectivity index (χ2n) is 4.59. The molecule has 1 unspecified atom stereocenters. The van der Waals surface area contributed by atoms with Gasteiger partial charge in [-0.3, -0.25) is 4.90 Å². The maximum absolute atomic E-state index is 9.01. The van der Waals surface area contributed by atoms with Gasteiger partial charge >= 0.3 is 0 Å². The standard InChI is InChI=1S/C13H24N2/c1-2-3-4-5-7-10-15-11-8-6-9-13(15)12-14/h13H,2-11H2,1H3. The molecule has 15 heavy (non-hydrogen) atoms. The van der Waals surface area contributed by atoms with Gasteiger partial charge in [-0.15, -0.1) is 0 Å². The molecule has 0 aromatic carbocycles. The van der Waals surface area contributed by atoms with E-state index in [1.807, 2.05) is 0 Å². The molecular weight excluding hydrogens is 184 g/mol. The lowest BCUT2D eigenvalue weighted by atomic mass is 10.0. The third kappa shape index (κ3) is 4.66. The number of hydrogen-bond donors (Lipinski definition) is 0. The normalized spacial score (nSPS) is 22.5. The first-order chi connectivity index (χ1) is 7.38. The van der Waals surface area contributed by atoms with E-state index >= 15 is 0 Å². The average Bonchev–Trinajstić information content (AvgIpc) is 2.29. The molecule has 0 saturated carbocycles. The molecule has 1 fully saturated rings. The summed E-state index contributed by atoms with van der Waals surface area (Å²) in [4.78, 5) is 2.38. The molecule has 1 atom stereocenters. The van der Waals surface area contributed by atoms with Crippen LogP contribution in [0.15, 0.2) is 0 Å². The van der Waals surface area contributed by atoms with Gasteiger partial charge in [0.1, 0.15) is 0 Å². The highest BCUT2D eigenvalue weighted by Gasteiger charge is 2.20. The van der Waals surface area contributed by atoms with Crippen molar-refractivity contribution in [2.24, 2.45) is 0 Å². The first-order valence-electron chi connectivity index (χ1n) is 6.52. The van der Waals surface area contributed by atoms with Crippen LogP contribution in [0, 0.1) is 11.3 Å². The smallest absolute Gasteiger partial charge is 0.0977 e. The van der Waals surface area contributed by atoms with Crippen LogP contribution >= 0.6 is 0 Å². The Hall–Kier alpha value is -0.550. The SMILES string of the molecule is CCCCCCCN1CCCCC1C#N. The molecule has 0 N–H and O–H groups in total. The zero-order valence-corrected chi connectivity index (χ0v) is 10.0. The van der Waals surface area contributed by atoms with Crippen LogP contribution in [0.4, 0.5) is 0 Å². The molecule has 1 saturated heterocycles. The molecule has 0 bridgehead atoms. The van der Waals surface area contributed by atoms with E-state index in [9.17, 15) is 0 Å². The fourth-order valence-corrected chi connectivity index (χ4v) is 2.32. The average molecular weight is 208 g/mol. The Morgan fingerprint density at radius 3 is 2.73 bits per heavy atom. The minimum atomic E-state index is 0.213. The maximum atomic E-state index is 9.01. The van der Waals surface area contributed by atoms with Gasteiger partial charge in [-0.05, 0) is 38.8 Å².